The predicted octanol–water partition coefficient (Wildman–Crippen LogP) is 5.98. The Bertz CT molecular complexity index is 1300. The van der Waals surface area contributed by atoms with E-state index in [0.717, 1.165) is 34.0 Å². The number of halogens is 6. The fourth-order valence-corrected chi connectivity index (χ4v) is 3.90. The van der Waals surface area contributed by atoms with Crippen LogP contribution in [0.5, 0.6) is 0 Å². The molecule has 0 spiro atoms. The van der Waals surface area contributed by atoms with E-state index in [1.165, 1.54) is 5.38 Å². The predicted molar refractivity (Wildman–Crippen MR) is 106 cm³/mol. The van der Waals surface area contributed by atoms with Gasteiger partial charge in [-0.25, -0.2) is 23.3 Å². The van der Waals surface area contributed by atoms with E-state index in [1.54, 1.807) is 24.3 Å². The van der Waals surface area contributed by atoms with Gasteiger partial charge >= 0.3 is 6.18 Å². The number of aromatic nitrogens is 3. The number of rotatable bonds is 3. The lowest BCUT2D eigenvalue weighted by Crippen LogP contribution is -2.29. The summed E-state index contributed by atoms with van der Waals surface area (Å²) < 4.78 is 68.5. The van der Waals surface area contributed by atoms with Crippen LogP contribution in [0.2, 0.25) is 0 Å². The minimum Gasteiger partial charge on any atom is -0.268 e. The fourth-order valence-electron chi connectivity index (χ4n) is 2.80. The first-order valence-corrected chi connectivity index (χ1v) is 9.97. The molecule has 1 unspecified atom stereocenters. The van der Waals surface area contributed by atoms with Gasteiger partial charge in [-0.05, 0) is 24.3 Å². The van der Waals surface area contributed by atoms with Gasteiger partial charge in [-0.1, -0.05) is 28.1 Å². The standard InChI is InChI=1S/C19H9BrF5N3OS/c20-10-3-1-9(2-4-10)14-8-30-18(27-14)28-16(15(22)19(23,24)25)26-13-7-11(21)5-6-12(13)17(28)29/h1-8,15H. The van der Waals surface area contributed by atoms with Gasteiger partial charge in [0.2, 0.25) is 0 Å². The van der Waals surface area contributed by atoms with Crippen LogP contribution in [0, 0.1) is 5.82 Å². The molecule has 154 valence electrons. The molecule has 4 rings (SSSR count). The zero-order chi connectivity index (χ0) is 21.6. The molecule has 0 amide bonds. The first-order valence-electron chi connectivity index (χ1n) is 8.30. The summed E-state index contributed by atoms with van der Waals surface area (Å²) in [7, 11) is 0. The number of fused-ring (bicyclic) bond motifs is 1. The number of nitrogens with zero attached hydrogens (tertiary/aromatic N) is 3. The lowest BCUT2D eigenvalue weighted by molar-refractivity contribution is -0.185. The maximum Gasteiger partial charge on any atom is 0.427 e. The zero-order valence-corrected chi connectivity index (χ0v) is 17.0. The average molecular weight is 502 g/mol. The second-order valence-electron chi connectivity index (χ2n) is 6.20. The Labute approximate surface area is 177 Å². The molecule has 0 radical (unpaired) electrons. The minimum absolute atomic E-state index is 0.157. The van der Waals surface area contributed by atoms with E-state index in [1.807, 2.05) is 0 Å². The third-order valence-electron chi connectivity index (χ3n) is 4.19. The van der Waals surface area contributed by atoms with Crippen molar-refractivity contribution in [3.8, 4) is 16.4 Å². The second kappa shape index (κ2) is 7.55. The van der Waals surface area contributed by atoms with Gasteiger partial charge in [0.25, 0.3) is 11.7 Å². The first-order chi connectivity index (χ1) is 14.1. The molecule has 30 heavy (non-hydrogen) atoms. The molecule has 0 bridgehead atoms. The van der Waals surface area contributed by atoms with Crippen LogP contribution in [0.25, 0.3) is 27.3 Å². The molecule has 0 saturated carbocycles. The number of thiazole rings is 1. The quantitative estimate of drug-likeness (QED) is 0.324. The Hall–Kier alpha value is -2.66. The molecule has 0 aliphatic rings. The third kappa shape index (κ3) is 3.74. The summed E-state index contributed by atoms with van der Waals surface area (Å²) in [5.74, 6) is -2.02. The van der Waals surface area contributed by atoms with Gasteiger partial charge < -0.3 is 0 Å². The molecule has 2 aromatic heterocycles. The molecule has 2 heterocycles. The molecular weight excluding hydrogens is 493 g/mol. The summed E-state index contributed by atoms with van der Waals surface area (Å²) in [6.45, 7) is 0. The van der Waals surface area contributed by atoms with Crippen LogP contribution in [0.15, 0.2) is 57.1 Å². The van der Waals surface area contributed by atoms with Crippen LogP contribution in [0.1, 0.15) is 12.0 Å². The number of alkyl halides is 4. The number of hydrogen-bond acceptors (Lipinski definition) is 4. The maximum atomic E-state index is 14.3. The molecule has 0 fully saturated rings. The van der Waals surface area contributed by atoms with Gasteiger partial charge in [0.05, 0.1) is 16.6 Å². The first kappa shape index (κ1) is 20.6. The van der Waals surface area contributed by atoms with Crippen molar-refractivity contribution in [2.24, 2.45) is 0 Å². The summed E-state index contributed by atoms with van der Waals surface area (Å²) in [6, 6.07) is 9.79. The highest BCUT2D eigenvalue weighted by molar-refractivity contribution is 9.10. The lowest BCUT2D eigenvalue weighted by Gasteiger charge is -2.16. The zero-order valence-electron chi connectivity index (χ0n) is 14.6. The summed E-state index contributed by atoms with van der Waals surface area (Å²) >= 11 is 4.16. The van der Waals surface area contributed by atoms with Crippen molar-refractivity contribution in [2.45, 2.75) is 12.3 Å². The van der Waals surface area contributed by atoms with Crippen LogP contribution in [0.4, 0.5) is 22.0 Å². The number of hydrogen-bond donors (Lipinski definition) is 0. The van der Waals surface area contributed by atoms with Gasteiger partial charge in [0, 0.05) is 21.5 Å². The van der Waals surface area contributed by atoms with Gasteiger partial charge in [-0.3, -0.25) is 4.79 Å². The van der Waals surface area contributed by atoms with E-state index in [4.69, 9.17) is 0 Å². The van der Waals surface area contributed by atoms with Gasteiger partial charge in [-0.2, -0.15) is 13.2 Å². The topological polar surface area (TPSA) is 47.8 Å². The normalized spacial score (nSPS) is 13.0. The van der Waals surface area contributed by atoms with Gasteiger partial charge in [-0.15, -0.1) is 11.3 Å². The lowest BCUT2D eigenvalue weighted by atomic mass is 10.2. The molecule has 4 aromatic rings. The maximum absolute atomic E-state index is 14.3. The molecule has 11 heteroatoms. The van der Waals surface area contributed by atoms with Crippen LogP contribution in [-0.2, 0) is 0 Å². The highest BCUT2D eigenvalue weighted by Crippen LogP contribution is 2.36. The SMILES string of the molecule is O=c1c2ccc(F)cc2nc(C(F)C(F)(F)F)n1-c1nc(-c2ccc(Br)cc2)cs1. The van der Waals surface area contributed by atoms with E-state index in [2.05, 4.69) is 25.9 Å². The van der Waals surface area contributed by atoms with Crippen LogP contribution in [0.3, 0.4) is 0 Å². The van der Waals surface area contributed by atoms with Crippen molar-refractivity contribution in [1.29, 1.82) is 0 Å². The Morgan fingerprint density at radius 1 is 1.07 bits per heavy atom. The molecular formula is C19H9BrF5N3OS. The van der Waals surface area contributed by atoms with E-state index in [9.17, 15) is 26.7 Å². The molecule has 1 atom stereocenters. The highest BCUT2D eigenvalue weighted by atomic mass is 79.9. The van der Waals surface area contributed by atoms with Crippen LogP contribution >= 0.6 is 27.3 Å². The molecule has 0 aliphatic carbocycles. The van der Waals surface area contributed by atoms with Crippen molar-refractivity contribution >= 4 is 38.2 Å². The van der Waals surface area contributed by atoms with Crippen LogP contribution in [-0.4, -0.2) is 20.7 Å². The molecule has 0 aliphatic heterocycles. The van der Waals surface area contributed by atoms with Crippen molar-refractivity contribution in [1.82, 2.24) is 14.5 Å². The number of benzene rings is 2. The Morgan fingerprint density at radius 3 is 2.43 bits per heavy atom. The van der Waals surface area contributed by atoms with E-state index in [0.29, 0.717) is 15.8 Å². The fraction of sp³-hybridized carbons (Fsp3) is 0.105. The molecule has 2 aromatic carbocycles. The van der Waals surface area contributed by atoms with E-state index >= 15 is 0 Å². The van der Waals surface area contributed by atoms with E-state index in [-0.39, 0.29) is 16.0 Å². The van der Waals surface area contributed by atoms with Crippen LogP contribution < -0.4 is 5.56 Å². The van der Waals surface area contributed by atoms with Crippen molar-refractivity contribution < 1.29 is 22.0 Å². The third-order valence-corrected chi connectivity index (χ3v) is 5.55. The van der Waals surface area contributed by atoms with E-state index < -0.39 is 29.5 Å². The Morgan fingerprint density at radius 2 is 1.77 bits per heavy atom. The Balaban J connectivity index is 1.95. The van der Waals surface area contributed by atoms with Crippen molar-refractivity contribution in [3.05, 3.63) is 74.3 Å². The summed E-state index contributed by atoms with van der Waals surface area (Å²) in [5.41, 5.74) is -0.304. The molecule has 4 nitrogen and oxygen atoms in total. The average Bonchev–Trinajstić information content (AvgIpc) is 3.16. The molecule has 0 N–H and O–H groups in total. The van der Waals surface area contributed by atoms with Gasteiger partial charge in [0.1, 0.15) is 5.82 Å². The summed E-state index contributed by atoms with van der Waals surface area (Å²) in [5, 5.41) is 1.19. The molecule has 0 saturated heterocycles. The van der Waals surface area contributed by atoms with Crippen molar-refractivity contribution in [3.63, 3.8) is 0 Å². The smallest absolute Gasteiger partial charge is 0.268 e. The monoisotopic (exact) mass is 501 g/mol. The summed E-state index contributed by atoms with van der Waals surface area (Å²) in [6.07, 6.45) is -8.87. The summed E-state index contributed by atoms with van der Waals surface area (Å²) in [4.78, 5) is 20.7. The minimum atomic E-state index is -5.31. The largest absolute Gasteiger partial charge is 0.427 e. The highest BCUT2D eigenvalue weighted by Gasteiger charge is 2.45. The second-order valence-corrected chi connectivity index (χ2v) is 7.95. The Kier molecular flexibility index (Phi) is 5.18. The van der Waals surface area contributed by atoms with Crippen molar-refractivity contribution in [2.75, 3.05) is 0 Å². The van der Waals surface area contributed by atoms with Gasteiger partial charge in [0.15, 0.2) is 11.0 Å².